The molecule has 6 nitrogen and oxygen atoms in total. The average Bonchev–Trinajstić information content (AvgIpc) is 3.11. The van der Waals surface area contributed by atoms with Gasteiger partial charge in [-0.15, -0.1) is 10.2 Å². The largest absolute Gasteiger partial charge is 0.497 e. The fourth-order valence-electron chi connectivity index (χ4n) is 2.09. The van der Waals surface area contributed by atoms with Crippen LogP contribution in [-0.4, -0.2) is 29.3 Å². The van der Waals surface area contributed by atoms with E-state index in [1.54, 1.807) is 26.2 Å². The van der Waals surface area contributed by atoms with Crippen molar-refractivity contribution in [2.24, 2.45) is 0 Å². The summed E-state index contributed by atoms with van der Waals surface area (Å²) in [5, 5.41) is 12.0. The van der Waals surface area contributed by atoms with Gasteiger partial charge in [0.1, 0.15) is 16.5 Å². The summed E-state index contributed by atoms with van der Waals surface area (Å²) in [6.07, 6.45) is -0.643. The van der Waals surface area contributed by atoms with E-state index in [2.05, 4.69) is 15.5 Å². The third-order valence-electron chi connectivity index (χ3n) is 3.42. The Kier molecular flexibility index (Phi) is 5.25. The fraction of sp³-hybridized carbons (Fsp3) is 0.167. The first-order valence-corrected chi connectivity index (χ1v) is 8.48. The number of ether oxygens (including phenoxy) is 2. The van der Waals surface area contributed by atoms with Crippen molar-refractivity contribution < 1.29 is 14.3 Å². The minimum absolute atomic E-state index is 0.277. The van der Waals surface area contributed by atoms with Gasteiger partial charge in [0.2, 0.25) is 5.13 Å². The number of hydrogen-bond donors (Lipinski definition) is 1. The van der Waals surface area contributed by atoms with Crippen molar-refractivity contribution in [1.82, 2.24) is 10.2 Å². The molecule has 1 N–H and O–H groups in total. The molecule has 0 bridgehead atoms. The molecule has 0 radical (unpaired) electrons. The molecule has 0 aliphatic rings. The second-order valence-corrected chi connectivity index (χ2v) is 6.18. The molecule has 0 aliphatic carbocycles. The molecule has 3 aromatic rings. The number of nitrogens with one attached hydrogen (secondary N) is 1. The van der Waals surface area contributed by atoms with E-state index in [-0.39, 0.29) is 5.91 Å². The van der Waals surface area contributed by atoms with Gasteiger partial charge in [-0.1, -0.05) is 29.5 Å². The summed E-state index contributed by atoms with van der Waals surface area (Å²) in [5.74, 6) is 1.14. The Balaban J connectivity index is 1.63. The van der Waals surface area contributed by atoms with Gasteiger partial charge in [0, 0.05) is 5.56 Å². The predicted octanol–water partition coefficient (Wildman–Crippen LogP) is 3.62. The van der Waals surface area contributed by atoms with Gasteiger partial charge in [-0.25, -0.2) is 0 Å². The molecule has 1 aromatic heterocycles. The summed E-state index contributed by atoms with van der Waals surface area (Å²) in [7, 11) is 1.62. The van der Waals surface area contributed by atoms with Crippen LogP contribution in [0.25, 0.3) is 10.6 Å². The van der Waals surface area contributed by atoms with Gasteiger partial charge in [-0.2, -0.15) is 0 Å². The first kappa shape index (κ1) is 16.9. The van der Waals surface area contributed by atoms with Gasteiger partial charge in [0.05, 0.1) is 7.11 Å². The summed E-state index contributed by atoms with van der Waals surface area (Å²) in [5.41, 5.74) is 0.910. The minimum atomic E-state index is -0.643. The number of carbonyl (C=O) groups excluding carboxylic acids is 1. The summed E-state index contributed by atoms with van der Waals surface area (Å²) in [6, 6.07) is 16.7. The molecule has 1 amide bonds. The smallest absolute Gasteiger partial charge is 0.266 e. The fourth-order valence-corrected chi connectivity index (χ4v) is 2.84. The molecule has 1 heterocycles. The van der Waals surface area contributed by atoms with Crippen molar-refractivity contribution in [3.8, 4) is 22.1 Å². The van der Waals surface area contributed by atoms with E-state index in [1.807, 2.05) is 42.5 Å². The monoisotopic (exact) mass is 355 g/mol. The Morgan fingerprint density at radius 1 is 1.04 bits per heavy atom. The molecule has 7 heteroatoms. The molecule has 0 aliphatic heterocycles. The summed E-state index contributed by atoms with van der Waals surface area (Å²) in [4.78, 5) is 12.2. The molecular formula is C18H17N3O3S. The first-order valence-electron chi connectivity index (χ1n) is 7.66. The number of para-hydroxylation sites is 1. The highest BCUT2D eigenvalue weighted by atomic mass is 32.1. The molecule has 0 spiro atoms. The number of aromatic nitrogens is 2. The van der Waals surface area contributed by atoms with Gasteiger partial charge < -0.3 is 9.47 Å². The highest BCUT2D eigenvalue weighted by Crippen LogP contribution is 2.27. The van der Waals surface area contributed by atoms with E-state index in [4.69, 9.17) is 9.47 Å². The van der Waals surface area contributed by atoms with Gasteiger partial charge in [-0.05, 0) is 43.3 Å². The number of nitrogens with zero attached hydrogens (tertiary/aromatic N) is 2. The molecule has 0 fully saturated rings. The van der Waals surface area contributed by atoms with E-state index >= 15 is 0 Å². The predicted molar refractivity (Wildman–Crippen MR) is 97.1 cm³/mol. The van der Waals surface area contributed by atoms with E-state index in [9.17, 15) is 4.79 Å². The van der Waals surface area contributed by atoms with Crippen molar-refractivity contribution in [3.05, 3.63) is 54.6 Å². The zero-order valence-corrected chi connectivity index (χ0v) is 14.6. The Morgan fingerprint density at radius 2 is 1.76 bits per heavy atom. The van der Waals surface area contributed by atoms with E-state index in [0.29, 0.717) is 10.9 Å². The van der Waals surface area contributed by atoms with Crippen LogP contribution in [0.5, 0.6) is 11.5 Å². The maximum absolute atomic E-state index is 12.2. The number of benzene rings is 2. The van der Waals surface area contributed by atoms with Gasteiger partial charge >= 0.3 is 0 Å². The molecule has 1 atom stereocenters. The quantitative estimate of drug-likeness (QED) is 0.731. The molecule has 128 valence electrons. The van der Waals surface area contributed by atoms with Crippen LogP contribution in [0, 0.1) is 0 Å². The Hall–Kier alpha value is -2.93. The first-order chi connectivity index (χ1) is 12.2. The van der Waals surface area contributed by atoms with Gasteiger partial charge in [0.15, 0.2) is 6.10 Å². The molecule has 3 rings (SSSR count). The number of anilines is 1. The number of carbonyl (C=O) groups is 1. The molecule has 0 saturated heterocycles. The topological polar surface area (TPSA) is 73.3 Å². The average molecular weight is 355 g/mol. The summed E-state index contributed by atoms with van der Waals surface area (Å²) < 4.78 is 10.7. The number of methoxy groups -OCH3 is 1. The zero-order chi connectivity index (χ0) is 17.6. The van der Waals surface area contributed by atoms with Crippen molar-refractivity contribution in [2.45, 2.75) is 13.0 Å². The maximum atomic E-state index is 12.2. The SMILES string of the molecule is COc1ccc(-c2nnc(NC(=O)[C@H](C)Oc3ccccc3)s2)cc1. The van der Waals surface area contributed by atoms with Gasteiger partial charge in [-0.3, -0.25) is 10.1 Å². The van der Waals surface area contributed by atoms with E-state index < -0.39 is 6.10 Å². The number of rotatable bonds is 6. The van der Waals surface area contributed by atoms with Crippen LogP contribution in [0.2, 0.25) is 0 Å². The van der Waals surface area contributed by atoms with Crippen molar-refractivity contribution in [2.75, 3.05) is 12.4 Å². The number of amides is 1. The Bertz CT molecular complexity index is 834. The summed E-state index contributed by atoms with van der Waals surface area (Å²) in [6.45, 7) is 1.69. The molecule has 0 unspecified atom stereocenters. The normalized spacial score (nSPS) is 11.6. The molecule has 25 heavy (non-hydrogen) atoms. The van der Waals surface area contributed by atoms with Gasteiger partial charge in [0.25, 0.3) is 5.91 Å². The molecule has 2 aromatic carbocycles. The lowest BCUT2D eigenvalue weighted by atomic mass is 10.2. The highest BCUT2D eigenvalue weighted by Gasteiger charge is 2.17. The van der Waals surface area contributed by atoms with Crippen molar-refractivity contribution >= 4 is 22.4 Å². The van der Waals surface area contributed by atoms with Crippen LogP contribution in [-0.2, 0) is 4.79 Å². The second-order valence-electron chi connectivity index (χ2n) is 5.20. The number of hydrogen-bond acceptors (Lipinski definition) is 6. The molecule has 0 saturated carbocycles. The third-order valence-corrected chi connectivity index (χ3v) is 4.31. The van der Waals surface area contributed by atoms with Crippen molar-refractivity contribution in [1.29, 1.82) is 0 Å². The van der Waals surface area contributed by atoms with Crippen LogP contribution in [0.3, 0.4) is 0 Å². The van der Waals surface area contributed by atoms with Crippen LogP contribution in [0.15, 0.2) is 54.6 Å². The third kappa shape index (κ3) is 4.33. The zero-order valence-electron chi connectivity index (χ0n) is 13.8. The van der Waals surface area contributed by atoms with Crippen LogP contribution in [0.1, 0.15) is 6.92 Å². The summed E-state index contributed by atoms with van der Waals surface area (Å²) >= 11 is 1.30. The standard InChI is InChI=1S/C18H17N3O3S/c1-12(24-15-6-4-3-5-7-15)16(22)19-18-21-20-17(25-18)13-8-10-14(23-2)11-9-13/h3-12H,1-2H3,(H,19,21,22)/t12-/m0/s1. The Labute approximate surface area is 149 Å². The minimum Gasteiger partial charge on any atom is -0.497 e. The molecular weight excluding hydrogens is 338 g/mol. The lowest BCUT2D eigenvalue weighted by Gasteiger charge is -2.13. The van der Waals surface area contributed by atoms with E-state index in [1.165, 1.54) is 11.3 Å². The van der Waals surface area contributed by atoms with Crippen LogP contribution < -0.4 is 14.8 Å². The van der Waals surface area contributed by atoms with Crippen molar-refractivity contribution in [3.63, 3.8) is 0 Å². The second kappa shape index (κ2) is 7.76. The lowest BCUT2D eigenvalue weighted by Crippen LogP contribution is -2.30. The van der Waals surface area contributed by atoms with Crippen LogP contribution >= 0.6 is 11.3 Å². The van der Waals surface area contributed by atoms with Crippen LogP contribution in [0.4, 0.5) is 5.13 Å². The Morgan fingerprint density at radius 3 is 2.44 bits per heavy atom. The highest BCUT2D eigenvalue weighted by molar-refractivity contribution is 7.18. The lowest BCUT2D eigenvalue weighted by molar-refractivity contribution is -0.122. The maximum Gasteiger partial charge on any atom is 0.266 e. The van der Waals surface area contributed by atoms with E-state index in [0.717, 1.165) is 16.3 Å².